The molecule has 0 aromatic heterocycles. The summed E-state index contributed by atoms with van der Waals surface area (Å²) in [5.41, 5.74) is 0. The number of aliphatic hydroxyl groups is 2. The minimum atomic E-state index is -0.505. The van der Waals surface area contributed by atoms with Gasteiger partial charge in [-0.25, -0.2) is 0 Å². The predicted octanol–water partition coefficient (Wildman–Crippen LogP) is 3.90. The molecule has 18 heavy (non-hydrogen) atoms. The molecule has 0 aromatic rings. The van der Waals surface area contributed by atoms with Crippen molar-refractivity contribution in [1.82, 2.24) is 0 Å². The van der Waals surface area contributed by atoms with E-state index in [1.54, 1.807) is 0 Å². The van der Waals surface area contributed by atoms with E-state index < -0.39 is 12.2 Å². The Morgan fingerprint density at radius 3 is 2.28 bits per heavy atom. The van der Waals surface area contributed by atoms with Crippen molar-refractivity contribution in [3.8, 4) is 0 Å². The van der Waals surface area contributed by atoms with Crippen LogP contribution in [0.5, 0.6) is 0 Å². The number of hydrogen-bond acceptors (Lipinski definition) is 2. The second kappa shape index (κ2) is 8.92. The van der Waals surface area contributed by atoms with E-state index in [9.17, 15) is 10.2 Å². The van der Waals surface area contributed by atoms with Gasteiger partial charge in [0.1, 0.15) is 0 Å². The van der Waals surface area contributed by atoms with Gasteiger partial charge in [-0.05, 0) is 31.1 Å². The van der Waals surface area contributed by atoms with Gasteiger partial charge in [0.15, 0.2) is 0 Å². The number of unbranched alkanes of at least 4 members (excludes halogenated alkanes) is 1. The minimum Gasteiger partial charge on any atom is -0.390 e. The van der Waals surface area contributed by atoms with E-state index in [2.05, 4.69) is 13.8 Å². The van der Waals surface area contributed by atoms with Crippen LogP contribution in [-0.2, 0) is 0 Å². The molecule has 0 radical (unpaired) electrons. The van der Waals surface area contributed by atoms with Crippen LogP contribution in [-0.4, -0.2) is 22.4 Å². The maximum absolute atomic E-state index is 10.3. The molecule has 0 aromatic carbocycles. The smallest absolute Gasteiger partial charge is 0.0827 e. The van der Waals surface area contributed by atoms with Crippen LogP contribution in [0.2, 0.25) is 0 Å². The lowest BCUT2D eigenvalue weighted by Crippen LogP contribution is -2.36. The van der Waals surface area contributed by atoms with E-state index in [1.807, 2.05) is 0 Å². The quantitative estimate of drug-likeness (QED) is 0.691. The zero-order chi connectivity index (χ0) is 13.4. The lowest BCUT2D eigenvalue weighted by molar-refractivity contribution is -0.0382. The van der Waals surface area contributed by atoms with Gasteiger partial charge >= 0.3 is 0 Å². The zero-order valence-electron chi connectivity index (χ0n) is 12.3. The largest absolute Gasteiger partial charge is 0.390 e. The molecule has 0 heterocycles. The molecule has 1 fully saturated rings. The molecule has 3 atom stereocenters. The summed E-state index contributed by atoms with van der Waals surface area (Å²) in [5, 5.41) is 20.5. The molecular formula is C16H32O2. The zero-order valence-corrected chi connectivity index (χ0v) is 12.3. The van der Waals surface area contributed by atoms with Crippen LogP contribution >= 0.6 is 0 Å². The third-order valence-electron chi connectivity index (χ3n) is 4.65. The minimum absolute atomic E-state index is 0.345. The Bertz CT molecular complexity index is 199. The fourth-order valence-electron chi connectivity index (χ4n) is 3.25. The van der Waals surface area contributed by atoms with Crippen molar-refractivity contribution in [1.29, 1.82) is 0 Å². The Labute approximate surface area is 113 Å². The first-order valence-corrected chi connectivity index (χ1v) is 8.05. The summed E-state index contributed by atoms with van der Waals surface area (Å²) >= 11 is 0. The SMILES string of the molecule is CCCCC(CC)CC(O)C(O)C1CCCCC1. The van der Waals surface area contributed by atoms with Crippen LogP contribution in [0.25, 0.3) is 0 Å². The molecule has 1 aliphatic carbocycles. The summed E-state index contributed by atoms with van der Waals surface area (Å²) in [4.78, 5) is 0. The topological polar surface area (TPSA) is 40.5 Å². The number of hydrogen-bond donors (Lipinski definition) is 2. The highest BCUT2D eigenvalue weighted by Gasteiger charge is 2.28. The fraction of sp³-hybridized carbons (Fsp3) is 1.00. The number of aliphatic hydroxyl groups excluding tert-OH is 2. The van der Waals surface area contributed by atoms with E-state index in [-0.39, 0.29) is 0 Å². The lowest BCUT2D eigenvalue weighted by Gasteiger charge is -2.31. The Kier molecular flexibility index (Phi) is 7.92. The first-order valence-electron chi connectivity index (χ1n) is 8.05. The molecule has 108 valence electrons. The van der Waals surface area contributed by atoms with E-state index in [4.69, 9.17) is 0 Å². The Morgan fingerprint density at radius 2 is 1.72 bits per heavy atom. The van der Waals surface area contributed by atoms with Crippen LogP contribution in [0.1, 0.15) is 78.1 Å². The first-order chi connectivity index (χ1) is 8.69. The van der Waals surface area contributed by atoms with Crippen molar-refractivity contribution in [2.45, 2.75) is 90.3 Å². The van der Waals surface area contributed by atoms with Gasteiger partial charge in [0.05, 0.1) is 12.2 Å². The summed E-state index contributed by atoms with van der Waals surface area (Å²) in [6.45, 7) is 4.40. The highest BCUT2D eigenvalue weighted by molar-refractivity contribution is 4.80. The van der Waals surface area contributed by atoms with Crippen molar-refractivity contribution < 1.29 is 10.2 Å². The molecule has 2 heteroatoms. The summed E-state index contributed by atoms with van der Waals surface area (Å²) in [7, 11) is 0. The average Bonchev–Trinajstić information content (AvgIpc) is 2.43. The van der Waals surface area contributed by atoms with E-state index in [0.717, 1.165) is 25.7 Å². The molecule has 0 spiro atoms. The molecule has 2 nitrogen and oxygen atoms in total. The lowest BCUT2D eigenvalue weighted by atomic mass is 9.81. The Morgan fingerprint density at radius 1 is 1.06 bits per heavy atom. The molecule has 0 amide bonds. The van der Waals surface area contributed by atoms with E-state index >= 15 is 0 Å². The summed E-state index contributed by atoms with van der Waals surface area (Å²) in [6.07, 6.45) is 10.5. The highest BCUT2D eigenvalue weighted by atomic mass is 16.3. The van der Waals surface area contributed by atoms with Crippen LogP contribution in [0.15, 0.2) is 0 Å². The molecule has 2 N–H and O–H groups in total. The monoisotopic (exact) mass is 256 g/mol. The van der Waals surface area contributed by atoms with Crippen molar-refractivity contribution >= 4 is 0 Å². The van der Waals surface area contributed by atoms with Crippen molar-refractivity contribution in [2.75, 3.05) is 0 Å². The maximum Gasteiger partial charge on any atom is 0.0827 e. The Hall–Kier alpha value is -0.0800. The first kappa shape index (κ1) is 16.0. The molecule has 3 unspecified atom stereocenters. The van der Waals surface area contributed by atoms with Crippen LogP contribution in [0, 0.1) is 11.8 Å². The van der Waals surface area contributed by atoms with E-state index in [1.165, 1.54) is 38.5 Å². The molecule has 0 saturated heterocycles. The number of rotatable bonds is 8. The second-order valence-corrected chi connectivity index (χ2v) is 6.11. The molecule has 1 rings (SSSR count). The molecule has 1 saturated carbocycles. The molecule has 0 aliphatic heterocycles. The van der Waals surface area contributed by atoms with Gasteiger partial charge in [0.2, 0.25) is 0 Å². The standard InChI is InChI=1S/C16H32O2/c1-3-5-9-13(4-2)12-15(17)16(18)14-10-7-6-8-11-14/h13-18H,3-12H2,1-2H3. The molecule has 1 aliphatic rings. The van der Waals surface area contributed by atoms with Gasteiger partial charge < -0.3 is 10.2 Å². The van der Waals surface area contributed by atoms with E-state index in [0.29, 0.717) is 11.8 Å². The third kappa shape index (κ3) is 5.27. The summed E-state index contributed by atoms with van der Waals surface area (Å²) in [5.74, 6) is 0.927. The van der Waals surface area contributed by atoms with Crippen molar-refractivity contribution in [3.63, 3.8) is 0 Å². The van der Waals surface area contributed by atoms with Gasteiger partial charge in [-0.3, -0.25) is 0 Å². The average molecular weight is 256 g/mol. The summed E-state index contributed by atoms with van der Waals surface area (Å²) in [6, 6.07) is 0. The van der Waals surface area contributed by atoms with Gasteiger partial charge in [0, 0.05) is 0 Å². The Balaban J connectivity index is 2.34. The fourth-order valence-corrected chi connectivity index (χ4v) is 3.25. The van der Waals surface area contributed by atoms with Crippen LogP contribution in [0.4, 0.5) is 0 Å². The summed E-state index contributed by atoms with van der Waals surface area (Å²) < 4.78 is 0. The second-order valence-electron chi connectivity index (χ2n) is 6.11. The third-order valence-corrected chi connectivity index (χ3v) is 4.65. The van der Waals surface area contributed by atoms with Gasteiger partial charge in [-0.15, -0.1) is 0 Å². The highest BCUT2D eigenvalue weighted by Crippen LogP contribution is 2.30. The molecular weight excluding hydrogens is 224 g/mol. The van der Waals surface area contributed by atoms with Gasteiger partial charge in [-0.1, -0.05) is 58.8 Å². The van der Waals surface area contributed by atoms with Gasteiger partial charge in [-0.2, -0.15) is 0 Å². The van der Waals surface area contributed by atoms with Gasteiger partial charge in [0.25, 0.3) is 0 Å². The van der Waals surface area contributed by atoms with Crippen molar-refractivity contribution in [2.24, 2.45) is 11.8 Å². The maximum atomic E-state index is 10.3. The molecule has 0 bridgehead atoms. The normalized spacial score (nSPS) is 22.7. The van der Waals surface area contributed by atoms with Crippen LogP contribution < -0.4 is 0 Å². The predicted molar refractivity (Wildman–Crippen MR) is 76.5 cm³/mol. The van der Waals surface area contributed by atoms with Crippen molar-refractivity contribution in [3.05, 3.63) is 0 Å². The van der Waals surface area contributed by atoms with Crippen LogP contribution in [0.3, 0.4) is 0 Å².